The first-order chi connectivity index (χ1) is 14.9. The van der Waals surface area contributed by atoms with Crippen LogP contribution in [0.5, 0.6) is 0 Å². The van der Waals surface area contributed by atoms with Crippen molar-refractivity contribution in [1.29, 1.82) is 0 Å². The first kappa shape index (κ1) is 20.5. The fraction of sp³-hybridized carbons (Fsp3) is 0.208. The molecule has 3 aromatic rings. The van der Waals surface area contributed by atoms with Crippen molar-refractivity contribution in [3.05, 3.63) is 99.2 Å². The molecule has 0 aliphatic carbocycles. The largest absolute Gasteiger partial charge is 0.365 e. The van der Waals surface area contributed by atoms with Crippen molar-refractivity contribution < 1.29 is 14.0 Å². The highest BCUT2D eigenvalue weighted by molar-refractivity contribution is 5.94. The quantitative estimate of drug-likeness (QED) is 0.706. The molecule has 1 unspecified atom stereocenters. The van der Waals surface area contributed by atoms with Gasteiger partial charge in [-0.3, -0.25) is 19.0 Å². The average Bonchev–Trinajstić information content (AvgIpc) is 2.78. The second kappa shape index (κ2) is 8.18. The van der Waals surface area contributed by atoms with Gasteiger partial charge in [-0.15, -0.1) is 0 Å². The molecule has 1 atom stereocenters. The summed E-state index contributed by atoms with van der Waals surface area (Å²) in [6.45, 7) is 2.51. The molecule has 4 rings (SSSR count). The number of nitrogens with two attached hydrogens (primary N) is 1. The van der Waals surface area contributed by atoms with Crippen LogP contribution in [0.2, 0.25) is 0 Å². The van der Waals surface area contributed by atoms with E-state index in [4.69, 9.17) is 5.73 Å². The van der Waals surface area contributed by atoms with E-state index in [0.717, 1.165) is 5.56 Å². The Morgan fingerprint density at radius 3 is 2.39 bits per heavy atom. The second-order valence-electron chi connectivity index (χ2n) is 7.67. The lowest BCUT2D eigenvalue weighted by molar-refractivity contribution is -0.133. The molecule has 31 heavy (non-hydrogen) atoms. The van der Waals surface area contributed by atoms with Gasteiger partial charge in [0, 0.05) is 25.0 Å². The summed E-state index contributed by atoms with van der Waals surface area (Å²) in [5.74, 6) is -1.59. The van der Waals surface area contributed by atoms with Crippen LogP contribution in [0.1, 0.15) is 39.9 Å². The Bertz CT molecular complexity index is 1200. The van der Waals surface area contributed by atoms with Gasteiger partial charge < -0.3 is 10.6 Å². The summed E-state index contributed by atoms with van der Waals surface area (Å²) in [5, 5.41) is 0. The van der Waals surface area contributed by atoms with E-state index in [9.17, 15) is 18.8 Å². The molecule has 2 heterocycles. The maximum atomic E-state index is 13.3. The summed E-state index contributed by atoms with van der Waals surface area (Å²) in [6.07, 6.45) is 1.98. The zero-order valence-electron chi connectivity index (χ0n) is 17.0. The van der Waals surface area contributed by atoms with E-state index in [1.165, 1.54) is 28.8 Å². The number of halogens is 1. The second-order valence-corrected chi connectivity index (χ2v) is 7.67. The summed E-state index contributed by atoms with van der Waals surface area (Å²) < 4.78 is 14.6. The maximum Gasteiger partial charge on any atom is 0.268 e. The molecule has 1 aliphatic rings. The number of carbonyl (C=O) groups is 2. The number of pyridine rings is 1. The molecule has 0 saturated heterocycles. The van der Waals surface area contributed by atoms with Gasteiger partial charge >= 0.3 is 0 Å². The zero-order chi connectivity index (χ0) is 22.1. The van der Waals surface area contributed by atoms with Gasteiger partial charge in [0.25, 0.3) is 11.5 Å². The molecule has 2 N–H and O–H groups in total. The molecule has 6 nitrogen and oxygen atoms in total. The minimum Gasteiger partial charge on any atom is -0.365 e. The molecule has 158 valence electrons. The lowest BCUT2D eigenvalue weighted by Crippen LogP contribution is -2.41. The Labute approximate surface area is 178 Å². The highest BCUT2D eigenvalue weighted by atomic mass is 19.1. The number of amides is 2. The van der Waals surface area contributed by atoms with Gasteiger partial charge in [-0.05, 0) is 54.3 Å². The molecule has 1 aromatic heterocycles. The third-order valence-corrected chi connectivity index (χ3v) is 5.73. The van der Waals surface area contributed by atoms with E-state index in [2.05, 4.69) is 0 Å². The zero-order valence-corrected chi connectivity index (χ0v) is 17.0. The van der Waals surface area contributed by atoms with Gasteiger partial charge in [-0.25, -0.2) is 4.39 Å². The lowest BCUT2D eigenvalue weighted by atomic mass is 9.94. The minimum absolute atomic E-state index is 0.0305. The lowest BCUT2D eigenvalue weighted by Gasteiger charge is -2.32. The van der Waals surface area contributed by atoms with E-state index in [1.807, 2.05) is 37.3 Å². The van der Waals surface area contributed by atoms with Crippen molar-refractivity contribution in [2.24, 2.45) is 5.73 Å². The SMILES string of the molecule is CC(C(=O)N1CCc2c(cn(-c3ccc(F)cc3)c(=O)c2C(N)=O)C1)c1ccccc1. The van der Waals surface area contributed by atoms with Crippen LogP contribution in [0.25, 0.3) is 5.69 Å². The van der Waals surface area contributed by atoms with E-state index in [-0.39, 0.29) is 23.9 Å². The van der Waals surface area contributed by atoms with Crippen LogP contribution >= 0.6 is 0 Å². The van der Waals surface area contributed by atoms with E-state index >= 15 is 0 Å². The first-order valence-electron chi connectivity index (χ1n) is 10.0. The molecular formula is C24H22FN3O3. The van der Waals surface area contributed by atoms with Crippen LogP contribution in [-0.2, 0) is 17.8 Å². The van der Waals surface area contributed by atoms with Crippen LogP contribution in [0.15, 0.2) is 65.6 Å². The number of aromatic nitrogens is 1. The standard InChI is InChI=1S/C24H22FN3O3/c1-15(16-5-3-2-4-6-16)23(30)27-12-11-20-17(13-27)14-28(24(31)21(20)22(26)29)19-9-7-18(25)8-10-19/h2-10,14-15H,11-13H2,1H3,(H2,26,29). The molecular weight excluding hydrogens is 397 g/mol. The Hall–Kier alpha value is -3.74. The molecule has 2 aromatic carbocycles. The molecule has 2 amide bonds. The van der Waals surface area contributed by atoms with Gasteiger partial charge in [0.15, 0.2) is 0 Å². The Morgan fingerprint density at radius 1 is 1.06 bits per heavy atom. The van der Waals surface area contributed by atoms with Crippen molar-refractivity contribution in [2.75, 3.05) is 6.54 Å². The molecule has 0 bridgehead atoms. The average molecular weight is 419 g/mol. The van der Waals surface area contributed by atoms with Gasteiger partial charge in [-0.1, -0.05) is 30.3 Å². The summed E-state index contributed by atoms with van der Waals surface area (Å²) in [5.41, 5.74) is 7.50. The Balaban J connectivity index is 1.73. The van der Waals surface area contributed by atoms with Crippen LogP contribution in [0, 0.1) is 5.82 Å². The number of hydrogen-bond acceptors (Lipinski definition) is 3. The summed E-state index contributed by atoms with van der Waals surface area (Å²) in [6, 6.07) is 14.9. The number of carbonyl (C=O) groups excluding carboxylic acids is 2. The predicted molar refractivity (Wildman–Crippen MR) is 114 cm³/mol. The minimum atomic E-state index is -0.810. The number of nitrogens with zero attached hydrogens (tertiary/aromatic N) is 2. The maximum absolute atomic E-state index is 13.3. The van der Waals surface area contributed by atoms with Gasteiger partial charge in [-0.2, -0.15) is 0 Å². The smallest absolute Gasteiger partial charge is 0.268 e. The van der Waals surface area contributed by atoms with Crippen LogP contribution < -0.4 is 11.3 Å². The number of rotatable bonds is 4. The normalized spacial score (nSPS) is 14.1. The van der Waals surface area contributed by atoms with Gasteiger partial charge in [0.2, 0.25) is 5.91 Å². The van der Waals surface area contributed by atoms with Gasteiger partial charge in [0.05, 0.1) is 5.92 Å². The monoisotopic (exact) mass is 419 g/mol. The van der Waals surface area contributed by atoms with Crippen LogP contribution in [0.4, 0.5) is 4.39 Å². The van der Waals surface area contributed by atoms with E-state index in [1.54, 1.807) is 11.1 Å². The Morgan fingerprint density at radius 2 is 1.74 bits per heavy atom. The van der Waals surface area contributed by atoms with Crippen molar-refractivity contribution in [1.82, 2.24) is 9.47 Å². The third kappa shape index (κ3) is 3.86. The van der Waals surface area contributed by atoms with Crippen molar-refractivity contribution in [3.63, 3.8) is 0 Å². The molecule has 0 radical (unpaired) electrons. The summed E-state index contributed by atoms with van der Waals surface area (Å²) >= 11 is 0. The summed E-state index contributed by atoms with van der Waals surface area (Å²) in [7, 11) is 0. The van der Waals surface area contributed by atoms with Crippen molar-refractivity contribution in [2.45, 2.75) is 25.8 Å². The van der Waals surface area contributed by atoms with Gasteiger partial charge in [0.1, 0.15) is 11.4 Å². The Kier molecular flexibility index (Phi) is 5.42. The van der Waals surface area contributed by atoms with Crippen molar-refractivity contribution in [3.8, 4) is 5.69 Å². The fourth-order valence-electron chi connectivity index (χ4n) is 4.05. The van der Waals surface area contributed by atoms with E-state index in [0.29, 0.717) is 29.8 Å². The predicted octanol–water partition coefficient (Wildman–Crippen LogP) is 2.76. The molecule has 0 saturated carbocycles. The van der Waals surface area contributed by atoms with E-state index < -0.39 is 17.3 Å². The third-order valence-electron chi connectivity index (χ3n) is 5.73. The fourth-order valence-corrected chi connectivity index (χ4v) is 4.05. The molecule has 0 fully saturated rings. The molecule has 1 aliphatic heterocycles. The van der Waals surface area contributed by atoms with Crippen LogP contribution in [-0.4, -0.2) is 27.8 Å². The topological polar surface area (TPSA) is 85.4 Å². The number of primary amides is 1. The van der Waals surface area contributed by atoms with Crippen LogP contribution in [0.3, 0.4) is 0 Å². The molecule has 0 spiro atoms. The first-order valence-corrected chi connectivity index (χ1v) is 10.0. The number of hydrogen-bond donors (Lipinski definition) is 1. The highest BCUT2D eigenvalue weighted by Crippen LogP contribution is 2.25. The number of fused-ring (bicyclic) bond motifs is 1. The highest BCUT2D eigenvalue weighted by Gasteiger charge is 2.29. The number of benzene rings is 2. The summed E-state index contributed by atoms with van der Waals surface area (Å²) in [4.78, 5) is 39.9. The van der Waals surface area contributed by atoms with Crippen molar-refractivity contribution >= 4 is 11.8 Å². The molecule has 7 heteroatoms.